The van der Waals surface area contributed by atoms with E-state index >= 15 is 0 Å². The molecule has 0 N–H and O–H groups in total. The summed E-state index contributed by atoms with van der Waals surface area (Å²) < 4.78 is 10.4. The summed E-state index contributed by atoms with van der Waals surface area (Å²) in [5.41, 5.74) is 5.36. The van der Waals surface area contributed by atoms with Crippen LogP contribution in [0.4, 0.5) is 5.69 Å². The van der Waals surface area contributed by atoms with Gasteiger partial charge in [-0.1, -0.05) is 11.2 Å². The van der Waals surface area contributed by atoms with Gasteiger partial charge in [0.15, 0.2) is 5.82 Å². The molecular weight excluding hydrogens is 266 g/mol. The van der Waals surface area contributed by atoms with Crippen molar-refractivity contribution in [3.8, 4) is 0 Å². The molecule has 0 spiro atoms. The highest BCUT2D eigenvalue weighted by Gasteiger charge is 2.28. The van der Waals surface area contributed by atoms with Crippen LogP contribution in [0.1, 0.15) is 41.4 Å². The van der Waals surface area contributed by atoms with Crippen molar-refractivity contribution >= 4 is 5.69 Å². The number of hydrogen-bond donors (Lipinski definition) is 0. The minimum absolute atomic E-state index is 0.0754. The first kappa shape index (κ1) is 14.1. The largest absolute Gasteiger partial charge is 0.377 e. The number of methoxy groups -OCH3 is 1. The number of anilines is 1. The van der Waals surface area contributed by atoms with Crippen LogP contribution in [0.2, 0.25) is 0 Å². The second kappa shape index (κ2) is 5.48. The van der Waals surface area contributed by atoms with Gasteiger partial charge in [0.1, 0.15) is 12.6 Å². The summed E-state index contributed by atoms with van der Waals surface area (Å²) in [6, 6.07) is 4.63. The van der Waals surface area contributed by atoms with Crippen LogP contribution in [0.5, 0.6) is 0 Å². The first-order chi connectivity index (χ1) is 10.1. The Morgan fingerprint density at radius 3 is 2.86 bits per heavy atom. The molecule has 1 aromatic heterocycles. The number of aromatic nitrogens is 2. The quantitative estimate of drug-likeness (QED) is 0.865. The van der Waals surface area contributed by atoms with E-state index in [0.717, 1.165) is 13.0 Å². The lowest BCUT2D eigenvalue weighted by molar-refractivity contribution is 0.174. The summed E-state index contributed by atoms with van der Waals surface area (Å²) in [6.45, 7) is 7.79. The lowest BCUT2D eigenvalue weighted by atomic mass is 10.0. The third kappa shape index (κ3) is 2.53. The van der Waals surface area contributed by atoms with Crippen LogP contribution in [0.3, 0.4) is 0 Å². The molecule has 3 rings (SSSR count). The summed E-state index contributed by atoms with van der Waals surface area (Å²) in [5.74, 6) is 1.24. The van der Waals surface area contributed by atoms with Gasteiger partial charge in [-0.3, -0.25) is 0 Å². The van der Waals surface area contributed by atoms with E-state index in [4.69, 9.17) is 9.26 Å². The fourth-order valence-corrected chi connectivity index (χ4v) is 2.85. The van der Waals surface area contributed by atoms with E-state index in [1.165, 1.54) is 22.4 Å². The molecular formula is C16H21N3O2. The van der Waals surface area contributed by atoms with Crippen LogP contribution in [0.15, 0.2) is 16.7 Å². The van der Waals surface area contributed by atoms with Crippen LogP contribution in [0, 0.1) is 13.8 Å². The highest BCUT2D eigenvalue weighted by atomic mass is 16.5. The summed E-state index contributed by atoms with van der Waals surface area (Å²) in [6.07, 6.45) is 1.07. The zero-order chi connectivity index (χ0) is 15.0. The van der Waals surface area contributed by atoms with E-state index in [-0.39, 0.29) is 6.04 Å². The molecule has 5 heteroatoms. The van der Waals surface area contributed by atoms with Crippen molar-refractivity contribution in [1.29, 1.82) is 0 Å². The van der Waals surface area contributed by atoms with Gasteiger partial charge in [0.2, 0.25) is 5.89 Å². The van der Waals surface area contributed by atoms with Crippen LogP contribution in [-0.2, 0) is 17.8 Å². The summed E-state index contributed by atoms with van der Waals surface area (Å²) >= 11 is 0. The molecule has 2 heterocycles. The van der Waals surface area contributed by atoms with Gasteiger partial charge in [-0.05, 0) is 49.9 Å². The normalized spacial score (nSPS) is 15.3. The van der Waals surface area contributed by atoms with Crippen LogP contribution in [0.25, 0.3) is 0 Å². The minimum Gasteiger partial charge on any atom is -0.377 e. The predicted molar refractivity (Wildman–Crippen MR) is 80.4 cm³/mol. The summed E-state index contributed by atoms with van der Waals surface area (Å²) in [4.78, 5) is 6.75. The van der Waals surface area contributed by atoms with E-state index < -0.39 is 0 Å². The minimum atomic E-state index is 0.0754. The topological polar surface area (TPSA) is 51.4 Å². The van der Waals surface area contributed by atoms with Crippen LogP contribution in [-0.4, -0.2) is 23.8 Å². The SMILES string of the molecule is COCc1noc([C@@H](C)N2CCc3cc(C)c(C)cc32)n1. The van der Waals surface area contributed by atoms with Crippen molar-refractivity contribution in [2.24, 2.45) is 0 Å². The molecule has 0 radical (unpaired) electrons. The van der Waals surface area contributed by atoms with Crippen molar-refractivity contribution in [3.63, 3.8) is 0 Å². The molecule has 1 aliphatic heterocycles. The molecule has 1 aliphatic rings. The monoisotopic (exact) mass is 287 g/mol. The molecule has 0 saturated carbocycles. The van der Waals surface area contributed by atoms with Gasteiger partial charge in [0.05, 0.1) is 0 Å². The van der Waals surface area contributed by atoms with Crippen LogP contribution < -0.4 is 4.90 Å². The molecule has 0 unspecified atom stereocenters. The first-order valence-electron chi connectivity index (χ1n) is 7.28. The van der Waals surface area contributed by atoms with Gasteiger partial charge in [-0.25, -0.2) is 0 Å². The Morgan fingerprint density at radius 2 is 2.10 bits per heavy atom. The maximum Gasteiger partial charge on any atom is 0.249 e. The molecule has 0 saturated heterocycles. The van der Waals surface area contributed by atoms with Crippen LogP contribution >= 0.6 is 0 Å². The number of hydrogen-bond acceptors (Lipinski definition) is 5. The third-order valence-corrected chi connectivity index (χ3v) is 4.21. The second-order valence-electron chi connectivity index (χ2n) is 5.67. The highest BCUT2D eigenvalue weighted by Crippen LogP contribution is 2.36. The lowest BCUT2D eigenvalue weighted by Crippen LogP contribution is -2.24. The predicted octanol–water partition coefficient (Wildman–Crippen LogP) is 2.96. The van der Waals surface area contributed by atoms with Crippen molar-refractivity contribution in [1.82, 2.24) is 10.1 Å². The third-order valence-electron chi connectivity index (χ3n) is 4.21. The van der Waals surface area contributed by atoms with Gasteiger partial charge in [-0.15, -0.1) is 0 Å². The maximum atomic E-state index is 5.38. The lowest BCUT2D eigenvalue weighted by Gasteiger charge is -2.24. The number of fused-ring (bicyclic) bond motifs is 1. The fraction of sp³-hybridized carbons (Fsp3) is 0.500. The molecule has 0 amide bonds. The highest BCUT2D eigenvalue weighted by molar-refractivity contribution is 5.61. The van der Waals surface area contributed by atoms with Gasteiger partial charge >= 0.3 is 0 Å². The van der Waals surface area contributed by atoms with E-state index in [1.807, 2.05) is 0 Å². The number of ether oxygens (including phenoxy) is 1. The molecule has 5 nitrogen and oxygen atoms in total. The maximum absolute atomic E-state index is 5.38. The van der Waals surface area contributed by atoms with E-state index in [0.29, 0.717) is 18.3 Å². The number of rotatable bonds is 4. The Bertz CT molecular complexity index is 651. The summed E-state index contributed by atoms with van der Waals surface area (Å²) in [7, 11) is 1.63. The zero-order valence-corrected chi connectivity index (χ0v) is 13.0. The van der Waals surface area contributed by atoms with Crippen molar-refractivity contribution in [2.75, 3.05) is 18.6 Å². The molecule has 1 atom stereocenters. The van der Waals surface area contributed by atoms with Crippen molar-refractivity contribution in [3.05, 3.63) is 40.5 Å². The van der Waals surface area contributed by atoms with Gasteiger partial charge < -0.3 is 14.2 Å². The Balaban J connectivity index is 1.87. The van der Waals surface area contributed by atoms with Gasteiger partial charge in [0.25, 0.3) is 0 Å². The first-order valence-corrected chi connectivity index (χ1v) is 7.28. The molecule has 112 valence electrons. The van der Waals surface area contributed by atoms with Crippen molar-refractivity contribution in [2.45, 2.75) is 39.8 Å². The number of aryl methyl sites for hydroxylation is 2. The smallest absolute Gasteiger partial charge is 0.249 e. The average molecular weight is 287 g/mol. The Kier molecular flexibility index (Phi) is 3.68. The molecule has 21 heavy (non-hydrogen) atoms. The van der Waals surface area contributed by atoms with Crippen molar-refractivity contribution < 1.29 is 9.26 Å². The Morgan fingerprint density at radius 1 is 1.33 bits per heavy atom. The number of nitrogens with zero attached hydrogens (tertiary/aromatic N) is 3. The zero-order valence-electron chi connectivity index (χ0n) is 13.0. The van der Waals surface area contributed by atoms with E-state index in [9.17, 15) is 0 Å². The van der Waals surface area contributed by atoms with Gasteiger partial charge in [0, 0.05) is 19.3 Å². The molecule has 2 aromatic rings. The number of benzene rings is 1. The fourth-order valence-electron chi connectivity index (χ4n) is 2.85. The van der Waals surface area contributed by atoms with E-state index in [1.54, 1.807) is 7.11 Å². The standard InChI is InChI=1S/C16H21N3O2/c1-10-7-13-5-6-19(14(13)8-11(10)2)12(3)16-17-15(9-20-4)18-21-16/h7-8,12H,5-6,9H2,1-4H3/t12-/m1/s1. The average Bonchev–Trinajstić information content (AvgIpc) is 3.06. The van der Waals surface area contributed by atoms with Gasteiger partial charge in [-0.2, -0.15) is 4.98 Å². The Hall–Kier alpha value is -1.88. The Labute approximate surface area is 124 Å². The molecule has 0 bridgehead atoms. The molecule has 1 aromatic carbocycles. The second-order valence-corrected chi connectivity index (χ2v) is 5.67. The molecule has 0 aliphatic carbocycles. The molecule has 0 fully saturated rings. The van der Waals surface area contributed by atoms with E-state index in [2.05, 4.69) is 47.9 Å². The summed E-state index contributed by atoms with van der Waals surface area (Å²) in [5, 5.41) is 3.95.